The summed E-state index contributed by atoms with van der Waals surface area (Å²) in [6.45, 7) is 3.51. The summed E-state index contributed by atoms with van der Waals surface area (Å²) in [4.78, 5) is 15.0. The maximum atomic E-state index is 13.1. The Morgan fingerprint density at radius 3 is 2.31 bits per heavy atom. The van der Waals surface area contributed by atoms with Crippen molar-refractivity contribution in [1.82, 2.24) is 25.0 Å². The standard InChI is InChI=1S/C23H27N5O/c1-17-8-10-19(11-9-17)21(18-6-4-3-5-7-18)25-23(29)28-14-12-20(13-15-28)22-26-24-16-27(22)2/h3-11,16,20-21H,12-15H2,1-2H3,(H,25,29). The number of carbonyl (C=O) groups is 1. The number of aromatic nitrogens is 3. The SMILES string of the molecule is Cc1ccc(C(NC(=O)N2CCC(c3nncn3C)CC2)c2ccccc2)cc1. The maximum Gasteiger partial charge on any atom is 0.318 e. The largest absolute Gasteiger partial charge is 0.327 e. The van der Waals surface area contributed by atoms with E-state index in [1.54, 1.807) is 6.33 Å². The molecule has 150 valence electrons. The van der Waals surface area contributed by atoms with Crippen LogP contribution >= 0.6 is 0 Å². The van der Waals surface area contributed by atoms with Gasteiger partial charge in [0.1, 0.15) is 12.2 Å². The van der Waals surface area contributed by atoms with Crippen LogP contribution < -0.4 is 5.32 Å². The van der Waals surface area contributed by atoms with Gasteiger partial charge in [0, 0.05) is 26.1 Å². The van der Waals surface area contributed by atoms with Crippen LogP contribution in [0.15, 0.2) is 60.9 Å². The molecule has 1 saturated heterocycles. The summed E-state index contributed by atoms with van der Waals surface area (Å²) >= 11 is 0. The zero-order chi connectivity index (χ0) is 20.2. The molecule has 0 radical (unpaired) electrons. The molecule has 1 aromatic heterocycles. The summed E-state index contributed by atoms with van der Waals surface area (Å²) < 4.78 is 1.98. The molecule has 0 spiro atoms. The van der Waals surface area contributed by atoms with Crippen LogP contribution in [0.1, 0.15) is 47.3 Å². The van der Waals surface area contributed by atoms with Crippen LogP contribution in [-0.2, 0) is 7.05 Å². The van der Waals surface area contributed by atoms with Gasteiger partial charge >= 0.3 is 6.03 Å². The Hall–Kier alpha value is -3.15. The van der Waals surface area contributed by atoms with E-state index in [2.05, 4.69) is 58.8 Å². The molecule has 1 atom stereocenters. The topological polar surface area (TPSA) is 63.1 Å². The highest BCUT2D eigenvalue weighted by Crippen LogP contribution is 2.27. The molecule has 0 bridgehead atoms. The highest BCUT2D eigenvalue weighted by molar-refractivity contribution is 5.75. The quantitative estimate of drug-likeness (QED) is 0.738. The number of carbonyl (C=O) groups excluding carboxylic acids is 1. The molecule has 29 heavy (non-hydrogen) atoms. The van der Waals surface area contributed by atoms with Gasteiger partial charge in [0.15, 0.2) is 0 Å². The van der Waals surface area contributed by atoms with Crippen molar-refractivity contribution >= 4 is 6.03 Å². The Bertz CT molecular complexity index is 943. The number of hydrogen-bond acceptors (Lipinski definition) is 3. The van der Waals surface area contributed by atoms with Gasteiger partial charge < -0.3 is 14.8 Å². The average molecular weight is 390 g/mol. The molecule has 4 rings (SSSR count). The molecule has 6 nitrogen and oxygen atoms in total. The normalized spacial score (nSPS) is 15.9. The molecule has 0 saturated carbocycles. The van der Waals surface area contributed by atoms with Gasteiger partial charge in [-0.2, -0.15) is 0 Å². The van der Waals surface area contributed by atoms with E-state index in [-0.39, 0.29) is 12.1 Å². The number of urea groups is 1. The van der Waals surface area contributed by atoms with Gasteiger partial charge in [-0.3, -0.25) is 0 Å². The Morgan fingerprint density at radius 2 is 1.69 bits per heavy atom. The first-order chi connectivity index (χ1) is 14.1. The molecule has 1 aliphatic heterocycles. The molecule has 1 aliphatic rings. The fourth-order valence-corrected chi connectivity index (χ4v) is 3.98. The second-order valence-corrected chi connectivity index (χ2v) is 7.77. The number of benzene rings is 2. The lowest BCUT2D eigenvalue weighted by Gasteiger charge is -2.33. The molecule has 2 heterocycles. The van der Waals surface area contributed by atoms with Crippen LogP contribution in [0.2, 0.25) is 0 Å². The van der Waals surface area contributed by atoms with Crippen molar-refractivity contribution in [2.45, 2.75) is 31.7 Å². The van der Waals surface area contributed by atoms with E-state index < -0.39 is 0 Å². The van der Waals surface area contributed by atoms with Gasteiger partial charge in [0.2, 0.25) is 0 Å². The minimum absolute atomic E-state index is 0.0177. The first kappa shape index (κ1) is 19.2. The van der Waals surface area contributed by atoms with Crippen LogP contribution in [0.25, 0.3) is 0 Å². The van der Waals surface area contributed by atoms with Crippen molar-refractivity contribution in [3.8, 4) is 0 Å². The number of rotatable bonds is 4. The van der Waals surface area contributed by atoms with E-state index >= 15 is 0 Å². The Morgan fingerprint density at radius 1 is 1.03 bits per heavy atom. The first-order valence-corrected chi connectivity index (χ1v) is 10.1. The fraction of sp³-hybridized carbons (Fsp3) is 0.348. The fourth-order valence-electron chi connectivity index (χ4n) is 3.98. The molecular formula is C23H27N5O. The maximum absolute atomic E-state index is 13.1. The predicted octanol–water partition coefficient (Wildman–Crippen LogP) is 3.80. The second kappa shape index (κ2) is 8.47. The van der Waals surface area contributed by atoms with Crippen LogP contribution in [0, 0.1) is 6.92 Å². The van der Waals surface area contributed by atoms with Crippen LogP contribution in [0.3, 0.4) is 0 Å². The molecule has 1 fully saturated rings. The number of likely N-dealkylation sites (tertiary alicyclic amines) is 1. The van der Waals surface area contributed by atoms with Gasteiger partial charge in [0.05, 0.1) is 6.04 Å². The zero-order valence-corrected chi connectivity index (χ0v) is 17.0. The van der Waals surface area contributed by atoms with Crippen molar-refractivity contribution in [3.05, 3.63) is 83.4 Å². The third-order valence-corrected chi connectivity index (χ3v) is 5.71. The van der Waals surface area contributed by atoms with Gasteiger partial charge in [-0.05, 0) is 30.9 Å². The molecule has 6 heteroatoms. The number of nitrogens with one attached hydrogen (secondary N) is 1. The van der Waals surface area contributed by atoms with Crippen molar-refractivity contribution < 1.29 is 4.79 Å². The van der Waals surface area contributed by atoms with E-state index in [1.165, 1.54) is 5.56 Å². The smallest absolute Gasteiger partial charge is 0.318 e. The van der Waals surface area contributed by atoms with E-state index in [0.29, 0.717) is 5.92 Å². The van der Waals surface area contributed by atoms with Crippen molar-refractivity contribution in [3.63, 3.8) is 0 Å². The number of nitrogens with zero attached hydrogens (tertiary/aromatic N) is 4. The Balaban J connectivity index is 1.46. The summed E-state index contributed by atoms with van der Waals surface area (Å²) in [5, 5.41) is 11.5. The second-order valence-electron chi connectivity index (χ2n) is 7.77. The summed E-state index contributed by atoms with van der Waals surface area (Å²) in [6, 6.07) is 18.3. The van der Waals surface area contributed by atoms with Crippen molar-refractivity contribution in [2.75, 3.05) is 13.1 Å². The first-order valence-electron chi connectivity index (χ1n) is 10.1. The van der Waals surface area contributed by atoms with Gasteiger partial charge in [-0.25, -0.2) is 4.79 Å². The average Bonchev–Trinajstić information content (AvgIpc) is 3.19. The highest BCUT2D eigenvalue weighted by Gasteiger charge is 2.28. The molecule has 2 amide bonds. The predicted molar refractivity (Wildman–Crippen MR) is 113 cm³/mol. The molecule has 2 aromatic carbocycles. The van der Waals surface area contributed by atoms with E-state index in [4.69, 9.17) is 0 Å². The van der Waals surface area contributed by atoms with Gasteiger partial charge in [-0.15, -0.1) is 10.2 Å². The Kier molecular flexibility index (Phi) is 5.60. The Labute approximate surface area is 171 Å². The number of amides is 2. The monoisotopic (exact) mass is 389 g/mol. The third kappa shape index (κ3) is 4.31. The molecule has 1 unspecified atom stereocenters. The van der Waals surface area contributed by atoms with Crippen LogP contribution in [0.5, 0.6) is 0 Å². The molecule has 1 N–H and O–H groups in total. The van der Waals surface area contributed by atoms with Crippen LogP contribution in [0.4, 0.5) is 4.79 Å². The van der Waals surface area contributed by atoms with Crippen molar-refractivity contribution in [2.24, 2.45) is 7.05 Å². The van der Waals surface area contributed by atoms with E-state index in [1.807, 2.05) is 34.7 Å². The molecule has 3 aromatic rings. The highest BCUT2D eigenvalue weighted by atomic mass is 16.2. The van der Waals surface area contributed by atoms with E-state index in [0.717, 1.165) is 42.9 Å². The minimum atomic E-state index is -0.166. The van der Waals surface area contributed by atoms with Gasteiger partial charge in [-0.1, -0.05) is 60.2 Å². The van der Waals surface area contributed by atoms with Crippen molar-refractivity contribution in [1.29, 1.82) is 0 Å². The van der Waals surface area contributed by atoms with E-state index in [9.17, 15) is 4.79 Å². The number of aryl methyl sites for hydroxylation is 2. The molecular weight excluding hydrogens is 362 g/mol. The summed E-state index contributed by atoms with van der Waals surface area (Å²) in [5.41, 5.74) is 3.38. The van der Waals surface area contributed by atoms with Gasteiger partial charge in [0.25, 0.3) is 0 Å². The third-order valence-electron chi connectivity index (χ3n) is 5.71. The molecule has 0 aliphatic carbocycles. The summed E-state index contributed by atoms with van der Waals surface area (Å²) in [5.74, 6) is 1.36. The lowest BCUT2D eigenvalue weighted by molar-refractivity contribution is 0.177. The minimum Gasteiger partial charge on any atom is -0.327 e. The van der Waals surface area contributed by atoms with Crippen LogP contribution in [-0.4, -0.2) is 38.8 Å². The number of piperidine rings is 1. The lowest BCUT2D eigenvalue weighted by Crippen LogP contribution is -2.45. The number of hydrogen-bond donors (Lipinski definition) is 1. The summed E-state index contributed by atoms with van der Waals surface area (Å²) in [7, 11) is 1.97. The summed E-state index contributed by atoms with van der Waals surface area (Å²) in [6.07, 6.45) is 3.54. The lowest BCUT2D eigenvalue weighted by atomic mass is 9.95. The zero-order valence-electron chi connectivity index (χ0n) is 17.0.